The second-order valence-corrected chi connectivity index (χ2v) is 7.00. The Kier molecular flexibility index (Phi) is 7.17. The van der Waals surface area contributed by atoms with Crippen molar-refractivity contribution in [2.45, 2.75) is 32.6 Å². The minimum atomic E-state index is -0.433. The van der Waals surface area contributed by atoms with Crippen LogP contribution in [0.4, 0.5) is 0 Å². The van der Waals surface area contributed by atoms with Crippen molar-refractivity contribution in [1.82, 2.24) is 5.43 Å². The summed E-state index contributed by atoms with van der Waals surface area (Å²) in [5, 5.41) is 16.1. The lowest BCUT2D eigenvalue weighted by Crippen LogP contribution is -2.17. The Morgan fingerprint density at radius 1 is 1.00 bits per heavy atom. The monoisotopic (exact) mass is 386 g/mol. The number of aromatic hydroxyl groups is 1. The van der Waals surface area contributed by atoms with E-state index in [1.165, 1.54) is 0 Å². The van der Waals surface area contributed by atoms with E-state index >= 15 is 0 Å². The topological polar surface area (TPSA) is 61.7 Å². The molecule has 0 unspecified atom stereocenters. The number of benzene rings is 3. The third kappa shape index (κ3) is 5.79. The normalized spacial score (nSPS) is 11.8. The number of unbranched alkanes of at least 4 members (excludes halogenated alkanes) is 2. The molecule has 0 saturated carbocycles. The van der Waals surface area contributed by atoms with E-state index in [4.69, 9.17) is 0 Å². The summed E-state index contributed by atoms with van der Waals surface area (Å²) in [7, 11) is 0. The molecule has 29 heavy (non-hydrogen) atoms. The maximum Gasteiger partial charge on any atom is 0.275 e. The quantitative estimate of drug-likeness (QED) is 0.286. The predicted octanol–water partition coefficient (Wildman–Crippen LogP) is 5.92. The molecule has 0 spiro atoms. The second kappa shape index (κ2) is 10.2. The maximum atomic E-state index is 12.5. The van der Waals surface area contributed by atoms with Crippen LogP contribution in [0.3, 0.4) is 0 Å². The average Bonchev–Trinajstić information content (AvgIpc) is 2.74. The first-order chi connectivity index (χ1) is 14.2. The van der Waals surface area contributed by atoms with Crippen molar-refractivity contribution >= 4 is 29.0 Å². The van der Waals surface area contributed by atoms with Crippen LogP contribution in [0.1, 0.15) is 48.5 Å². The molecule has 3 rings (SSSR count). The molecule has 0 aliphatic heterocycles. The van der Waals surface area contributed by atoms with Gasteiger partial charge in [-0.3, -0.25) is 4.79 Å². The summed E-state index contributed by atoms with van der Waals surface area (Å²) in [5.74, 6) is -0.489. The van der Waals surface area contributed by atoms with Crippen LogP contribution in [0.25, 0.3) is 16.8 Å². The first-order valence-electron chi connectivity index (χ1n) is 9.98. The number of hydrogen-bond donors (Lipinski definition) is 2. The van der Waals surface area contributed by atoms with Gasteiger partial charge in [0.15, 0.2) is 0 Å². The van der Waals surface area contributed by atoms with Crippen LogP contribution in [0, 0.1) is 0 Å². The number of allylic oxidation sites excluding steroid dienone is 1. The maximum absolute atomic E-state index is 12.5. The van der Waals surface area contributed by atoms with E-state index in [2.05, 4.69) is 23.5 Å². The number of rotatable bonds is 8. The van der Waals surface area contributed by atoms with Crippen molar-refractivity contribution in [2.24, 2.45) is 5.10 Å². The molecule has 4 nitrogen and oxygen atoms in total. The highest BCUT2D eigenvalue weighted by atomic mass is 16.3. The van der Waals surface area contributed by atoms with E-state index in [-0.39, 0.29) is 11.3 Å². The number of fused-ring (bicyclic) bond motifs is 1. The molecule has 3 aromatic rings. The standard InChI is InChI=1S/C25H26N2O2/c1-2-3-5-12-20(15-19-10-6-4-7-11-19)18-26-27-25(29)23-16-21-13-8-9-14-22(21)17-24(23)28/h4,6-11,13-18,28H,2-3,5,12H2,1H3,(H,27,29). The van der Waals surface area contributed by atoms with Gasteiger partial charge in [-0.15, -0.1) is 0 Å². The average molecular weight is 386 g/mol. The Morgan fingerprint density at radius 2 is 1.69 bits per heavy atom. The highest BCUT2D eigenvalue weighted by Crippen LogP contribution is 2.24. The molecular weight excluding hydrogens is 360 g/mol. The first-order valence-corrected chi connectivity index (χ1v) is 9.98. The van der Waals surface area contributed by atoms with E-state index in [0.29, 0.717) is 0 Å². The van der Waals surface area contributed by atoms with Crippen LogP contribution in [0.5, 0.6) is 5.75 Å². The third-order valence-electron chi connectivity index (χ3n) is 4.73. The SMILES string of the molecule is CCCCCC(C=NNC(=O)c1cc2ccccc2cc1O)=Cc1ccccc1. The van der Waals surface area contributed by atoms with Crippen molar-refractivity contribution in [3.63, 3.8) is 0 Å². The van der Waals surface area contributed by atoms with Gasteiger partial charge in [0.2, 0.25) is 0 Å². The fraction of sp³-hybridized carbons (Fsp3) is 0.200. The Bertz CT molecular complexity index is 1020. The molecule has 0 aliphatic rings. The Labute approximate surface area is 171 Å². The van der Waals surface area contributed by atoms with Crippen molar-refractivity contribution in [3.05, 3.63) is 83.4 Å². The lowest BCUT2D eigenvalue weighted by molar-refractivity contribution is 0.0952. The van der Waals surface area contributed by atoms with E-state index in [1.807, 2.05) is 54.6 Å². The van der Waals surface area contributed by atoms with Gasteiger partial charge in [0, 0.05) is 0 Å². The number of phenols is 1. The number of phenolic OH excluding ortho intramolecular Hbond substituents is 1. The third-order valence-corrected chi connectivity index (χ3v) is 4.73. The van der Waals surface area contributed by atoms with Gasteiger partial charge in [0.25, 0.3) is 5.91 Å². The second-order valence-electron chi connectivity index (χ2n) is 7.00. The smallest absolute Gasteiger partial charge is 0.275 e. The van der Waals surface area contributed by atoms with Gasteiger partial charge in [-0.1, -0.05) is 80.4 Å². The largest absolute Gasteiger partial charge is 0.507 e. The van der Waals surface area contributed by atoms with E-state index in [1.54, 1.807) is 18.3 Å². The number of nitrogens with one attached hydrogen (secondary N) is 1. The van der Waals surface area contributed by atoms with Gasteiger partial charge in [0.05, 0.1) is 11.8 Å². The zero-order valence-electron chi connectivity index (χ0n) is 16.6. The van der Waals surface area contributed by atoms with Crippen molar-refractivity contribution in [2.75, 3.05) is 0 Å². The van der Waals surface area contributed by atoms with Crippen LogP contribution >= 0.6 is 0 Å². The molecule has 4 heteroatoms. The number of nitrogens with zero attached hydrogens (tertiary/aromatic N) is 1. The van der Waals surface area contributed by atoms with Crippen LogP contribution in [-0.2, 0) is 0 Å². The molecule has 0 saturated heterocycles. The molecule has 1 amide bonds. The summed E-state index contributed by atoms with van der Waals surface area (Å²) in [5.41, 5.74) is 4.90. The van der Waals surface area contributed by atoms with Crippen LogP contribution < -0.4 is 5.43 Å². The summed E-state index contributed by atoms with van der Waals surface area (Å²) < 4.78 is 0. The van der Waals surface area contributed by atoms with Gasteiger partial charge in [-0.25, -0.2) is 5.43 Å². The minimum absolute atomic E-state index is 0.0561. The van der Waals surface area contributed by atoms with Gasteiger partial charge in [-0.05, 0) is 46.9 Å². The molecular formula is C25H26N2O2. The molecule has 0 aromatic heterocycles. The van der Waals surface area contributed by atoms with Gasteiger partial charge in [0.1, 0.15) is 5.75 Å². The molecule has 2 N–H and O–H groups in total. The lowest BCUT2D eigenvalue weighted by atomic mass is 10.1. The lowest BCUT2D eigenvalue weighted by Gasteiger charge is -2.06. The van der Waals surface area contributed by atoms with Gasteiger partial charge < -0.3 is 5.11 Å². The number of amides is 1. The Balaban J connectivity index is 1.73. The van der Waals surface area contributed by atoms with Crippen molar-refractivity contribution < 1.29 is 9.90 Å². The first kappa shape index (κ1) is 20.3. The molecule has 0 heterocycles. The molecule has 3 aromatic carbocycles. The molecule has 0 atom stereocenters. The fourth-order valence-corrected chi connectivity index (χ4v) is 3.16. The predicted molar refractivity (Wildman–Crippen MR) is 120 cm³/mol. The number of carbonyl (C=O) groups excluding carboxylic acids is 1. The molecule has 148 valence electrons. The van der Waals surface area contributed by atoms with E-state index in [0.717, 1.165) is 47.6 Å². The summed E-state index contributed by atoms with van der Waals surface area (Å²) in [6.07, 6.45) is 8.03. The van der Waals surface area contributed by atoms with Crippen molar-refractivity contribution in [1.29, 1.82) is 0 Å². The molecule has 0 bridgehead atoms. The van der Waals surface area contributed by atoms with Gasteiger partial charge >= 0.3 is 0 Å². The Morgan fingerprint density at radius 3 is 2.41 bits per heavy atom. The van der Waals surface area contributed by atoms with E-state index in [9.17, 15) is 9.90 Å². The summed E-state index contributed by atoms with van der Waals surface area (Å²) >= 11 is 0. The summed E-state index contributed by atoms with van der Waals surface area (Å²) in [6, 6.07) is 20.9. The van der Waals surface area contributed by atoms with Crippen LogP contribution in [0.15, 0.2) is 77.4 Å². The van der Waals surface area contributed by atoms with E-state index < -0.39 is 5.91 Å². The zero-order valence-corrected chi connectivity index (χ0v) is 16.6. The Hall–Kier alpha value is -3.40. The minimum Gasteiger partial charge on any atom is -0.507 e. The van der Waals surface area contributed by atoms with Crippen molar-refractivity contribution in [3.8, 4) is 5.75 Å². The highest BCUT2D eigenvalue weighted by molar-refractivity contribution is 6.01. The van der Waals surface area contributed by atoms with Crippen LogP contribution in [0.2, 0.25) is 0 Å². The van der Waals surface area contributed by atoms with Gasteiger partial charge in [-0.2, -0.15) is 5.10 Å². The fourth-order valence-electron chi connectivity index (χ4n) is 3.16. The molecule has 0 aliphatic carbocycles. The van der Waals surface area contributed by atoms with Crippen LogP contribution in [-0.4, -0.2) is 17.2 Å². The molecule has 0 radical (unpaired) electrons. The number of hydrogen-bond acceptors (Lipinski definition) is 3. The highest BCUT2D eigenvalue weighted by Gasteiger charge is 2.11. The zero-order chi connectivity index (χ0) is 20.5. The summed E-state index contributed by atoms with van der Waals surface area (Å²) in [6.45, 7) is 2.17. The summed E-state index contributed by atoms with van der Waals surface area (Å²) in [4.78, 5) is 12.5. The molecule has 0 fully saturated rings. The number of hydrazone groups is 1. The number of carbonyl (C=O) groups is 1.